The van der Waals surface area contributed by atoms with Gasteiger partial charge in [-0.3, -0.25) is 4.79 Å². The number of benzene rings is 1. The van der Waals surface area contributed by atoms with Gasteiger partial charge < -0.3 is 10.2 Å². The Labute approximate surface area is 149 Å². The third-order valence-electron chi connectivity index (χ3n) is 4.94. The highest BCUT2D eigenvalue weighted by atomic mass is 16.2. The lowest BCUT2D eigenvalue weighted by atomic mass is 10.0. The number of nitrogens with zero attached hydrogens (tertiary/aromatic N) is 4. The summed E-state index contributed by atoms with van der Waals surface area (Å²) in [5, 5.41) is 7.82. The molecule has 1 aliphatic rings. The van der Waals surface area contributed by atoms with Crippen molar-refractivity contribution >= 4 is 5.91 Å². The van der Waals surface area contributed by atoms with Crippen LogP contribution in [0.15, 0.2) is 24.3 Å². The molecule has 1 saturated heterocycles. The molecule has 2 aromatic rings. The molecule has 1 N–H and O–H groups in total. The second kappa shape index (κ2) is 7.35. The van der Waals surface area contributed by atoms with Gasteiger partial charge in [-0.15, -0.1) is 5.10 Å². The number of carbonyl (C=O) groups is 1. The Bertz CT molecular complexity index is 744. The first-order valence-corrected chi connectivity index (χ1v) is 9.00. The average Bonchev–Trinajstić information content (AvgIpc) is 3.02. The number of nitrogens with one attached hydrogen (secondary N) is 1. The number of aromatic nitrogens is 3. The number of aryl methyl sites for hydroxylation is 1. The molecule has 134 valence electrons. The number of rotatable bonds is 4. The maximum atomic E-state index is 12.8. The van der Waals surface area contributed by atoms with Crippen LogP contribution in [0.2, 0.25) is 0 Å². The van der Waals surface area contributed by atoms with E-state index in [0.29, 0.717) is 17.8 Å². The summed E-state index contributed by atoms with van der Waals surface area (Å²) >= 11 is 0. The van der Waals surface area contributed by atoms with Crippen molar-refractivity contribution in [1.82, 2.24) is 25.0 Å². The second-order valence-corrected chi connectivity index (χ2v) is 6.96. The van der Waals surface area contributed by atoms with Crippen LogP contribution < -0.4 is 5.32 Å². The van der Waals surface area contributed by atoms with Crippen molar-refractivity contribution in [3.05, 3.63) is 41.5 Å². The molecule has 0 atom stereocenters. The topological polar surface area (TPSA) is 63.1 Å². The highest BCUT2D eigenvalue weighted by Crippen LogP contribution is 2.23. The number of piperidine rings is 1. The number of hydrogen-bond acceptors (Lipinski definition) is 4. The number of amides is 1. The Morgan fingerprint density at radius 1 is 1.24 bits per heavy atom. The predicted molar refractivity (Wildman–Crippen MR) is 98.2 cm³/mol. The summed E-state index contributed by atoms with van der Waals surface area (Å²) in [4.78, 5) is 19.1. The molecule has 1 aromatic carbocycles. The van der Waals surface area contributed by atoms with Crippen LogP contribution in [0.3, 0.4) is 0 Å². The van der Waals surface area contributed by atoms with Crippen LogP contribution in [0.1, 0.15) is 54.6 Å². The van der Waals surface area contributed by atoms with Crippen molar-refractivity contribution in [2.24, 2.45) is 0 Å². The van der Waals surface area contributed by atoms with Crippen molar-refractivity contribution in [1.29, 1.82) is 0 Å². The Morgan fingerprint density at radius 3 is 2.56 bits per heavy atom. The van der Waals surface area contributed by atoms with Crippen LogP contribution in [0, 0.1) is 6.92 Å². The largest absolute Gasteiger partial charge is 0.336 e. The Kier molecular flexibility index (Phi) is 5.18. The Morgan fingerprint density at radius 2 is 1.92 bits per heavy atom. The molecule has 1 aliphatic heterocycles. The molecule has 0 bridgehead atoms. The molecule has 1 amide bonds. The number of para-hydroxylation sites is 1. The van der Waals surface area contributed by atoms with E-state index in [1.165, 1.54) is 5.56 Å². The van der Waals surface area contributed by atoms with Crippen LogP contribution in [-0.4, -0.2) is 51.8 Å². The summed E-state index contributed by atoms with van der Waals surface area (Å²) in [7, 11) is 1.97. The van der Waals surface area contributed by atoms with Gasteiger partial charge >= 0.3 is 0 Å². The van der Waals surface area contributed by atoms with Crippen LogP contribution in [-0.2, 0) is 0 Å². The van der Waals surface area contributed by atoms with Crippen molar-refractivity contribution in [3.8, 4) is 5.69 Å². The molecule has 6 nitrogen and oxygen atoms in total. The minimum absolute atomic E-state index is 0.0709. The fourth-order valence-corrected chi connectivity index (χ4v) is 3.39. The van der Waals surface area contributed by atoms with E-state index in [0.717, 1.165) is 37.4 Å². The second-order valence-electron chi connectivity index (χ2n) is 6.96. The summed E-state index contributed by atoms with van der Waals surface area (Å²) in [5.41, 5.74) is 2.19. The van der Waals surface area contributed by atoms with E-state index >= 15 is 0 Å². The van der Waals surface area contributed by atoms with E-state index in [2.05, 4.69) is 35.3 Å². The third-order valence-corrected chi connectivity index (χ3v) is 4.94. The SMILES string of the molecule is CNC1CCN(C(=O)c2nc(C)n(-c3ccccc3C(C)C)n2)CC1. The molecule has 25 heavy (non-hydrogen) atoms. The zero-order chi connectivity index (χ0) is 18.0. The molecule has 0 unspecified atom stereocenters. The molecule has 3 rings (SSSR count). The van der Waals surface area contributed by atoms with E-state index in [1.54, 1.807) is 4.68 Å². The Balaban J connectivity index is 1.85. The van der Waals surface area contributed by atoms with Gasteiger partial charge in [0, 0.05) is 19.1 Å². The minimum atomic E-state index is -0.0709. The van der Waals surface area contributed by atoms with Crippen LogP contribution in [0.25, 0.3) is 5.69 Å². The molecule has 0 spiro atoms. The summed E-state index contributed by atoms with van der Waals surface area (Å²) < 4.78 is 1.79. The van der Waals surface area contributed by atoms with Crippen molar-refractivity contribution < 1.29 is 4.79 Å². The molecule has 0 aliphatic carbocycles. The van der Waals surface area contributed by atoms with Crippen LogP contribution >= 0.6 is 0 Å². The summed E-state index contributed by atoms with van der Waals surface area (Å²) in [6.07, 6.45) is 1.94. The van der Waals surface area contributed by atoms with Gasteiger partial charge in [-0.2, -0.15) is 0 Å². The highest BCUT2D eigenvalue weighted by Gasteiger charge is 2.26. The molecule has 0 radical (unpaired) electrons. The van der Waals surface area contributed by atoms with Gasteiger partial charge in [0.05, 0.1) is 5.69 Å². The quantitative estimate of drug-likeness (QED) is 0.928. The lowest BCUT2D eigenvalue weighted by Crippen LogP contribution is -2.44. The fourth-order valence-electron chi connectivity index (χ4n) is 3.39. The molecule has 1 aromatic heterocycles. The van der Waals surface area contributed by atoms with Gasteiger partial charge in [-0.1, -0.05) is 32.0 Å². The lowest BCUT2D eigenvalue weighted by molar-refractivity contribution is 0.0695. The first kappa shape index (κ1) is 17.6. The molecular weight excluding hydrogens is 314 g/mol. The number of hydrogen-bond donors (Lipinski definition) is 1. The standard InChI is InChI=1S/C19H27N5O/c1-13(2)16-7-5-6-8-17(16)24-14(3)21-18(22-24)19(25)23-11-9-15(20-4)10-12-23/h5-8,13,15,20H,9-12H2,1-4H3. The van der Waals surface area contributed by atoms with Gasteiger partial charge in [0.2, 0.25) is 5.82 Å². The molecule has 0 saturated carbocycles. The zero-order valence-electron chi connectivity index (χ0n) is 15.5. The van der Waals surface area contributed by atoms with E-state index in [-0.39, 0.29) is 5.91 Å². The summed E-state index contributed by atoms with van der Waals surface area (Å²) in [6.45, 7) is 7.71. The van der Waals surface area contributed by atoms with Crippen molar-refractivity contribution in [2.45, 2.75) is 45.6 Å². The molecule has 1 fully saturated rings. The maximum Gasteiger partial charge on any atom is 0.293 e. The van der Waals surface area contributed by atoms with Crippen molar-refractivity contribution in [3.63, 3.8) is 0 Å². The minimum Gasteiger partial charge on any atom is -0.336 e. The van der Waals surface area contributed by atoms with Gasteiger partial charge in [0.15, 0.2) is 0 Å². The maximum absolute atomic E-state index is 12.8. The average molecular weight is 341 g/mol. The van der Waals surface area contributed by atoms with Crippen LogP contribution in [0.4, 0.5) is 0 Å². The first-order chi connectivity index (χ1) is 12.0. The fraction of sp³-hybridized carbons (Fsp3) is 0.526. The normalized spacial score (nSPS) is 15.8. The number of likely N-dealkylation sites (tertiary alicyclic amines) is 1. The summed E-state index contributed by atoms with van der Waals surface area (Å²) in [6, 6.07) is 8.65. The number of carbonyl (C=O) groups excluding carboxylic acids is 1. The predicted octanol–water partition coefficient (Wildman–Crippen LogP) is 2.52. The first-order valence-electron chi connectivity index (χ1n) is 9.00. The smallest absolute Gasteiger partial charge is 0.293 e. The van der Waals surface area contributed by atoms with E-state index < -0.39 is 0 Å². The van der Waals surface area contributed by atoms with E-state index in [1.807, 2.05) is 37.1 Å². The van der Waals surface area contributed by atoms with E-state index in [4.69, 9.17) is 0 Å². The molecule has 2 heterocycles. The third kappa shape index (κ3) is 3.58. The lowest BCUT2D eigenvalue weighted by Gasteiger charge is -2.30. The highest BCUT2D eigenvalue weighted by molar-refractivity contribution is 5.90. The van der Waals surface area contributed by atoms with Gasteiger partial charge in [-0.05, 0) is 44.4 Å². The summed E-state index contributed by atoms with van der Waals surface area (Å²) in [5.74, 6) is 1.33. The molecule has 6 heteroatoms. The van der Waals surface area contributed by atoms with Crippen molar-refractivity contribution in [2.75, 3.05) is 20.1 Å². The van der Waals surface area contributed by atoms with Gasteiger partial charge in [0.1, 0.15) is 5.82 Å². The Hall–Kier alpha value is -2.21. The van der Waals surface area contributed by atoms with E-state index in [9.17, 15) is 4.79 Å². The zero-order valence-corrected chi connectivity index (χ0v) is 15.5. The van der Waals surface area contributed by atoms with Gasteiger partial charge in [0.25, 0.3) is 5.91 Å². The molecular formula is C19H27N5O. The van der Waals surface area contributed by atoms with Crippen LogP contribution in [0.5, 0.6) is 0 Å². The monoisotopic (exact) mass is 341 g/mol. The van der Waals surface area contributed by atoms with Gasteiger partial charge in [-0.25, -0.2) is 9.67 Å².